The number of ether oxygens (including phenoxy) is 1. The monoisotopic (exact) mass is 386 g/mol. The summed E-state index contributed by atoms with van der Waals surface area (Å²) >= 11 is 0. The van der Waals surface area contributed by atoms with Gasteiger partial charge in [0.1, 0.15) is 17.4 Å². The molecule has 146 valence electrons. The smallest absolute Gasteiger partial charge is 0.162 e. The third-order valence-corrected chi connectivity index (χ3v) is 5.29. The molecule has 29 heavy (non-hydrogen) atoms. The van der Waals surface area contributed by atoms with Gasteiger partial charge in [-0.25, -0.2) is 9.97 Å². The average molecular weight is 386 g/mol. The van der Waals surface area contributed by atoms with Crippen LogP contribution in [0.15, 0.2) is 54.6 Å². The maximum atomic E-state index is 10.0. The molecule has 0 unspecified atom stereocenters. The fourth-order valence-electron chi connectivity index (χ4n) is 3.58. The predicted octanol–water partition coefficient (Wildman–Crippen LogP) is 2.03. The Kier molecular flexibility index (Phi) is 5.41. The number of rotatable bonds is 4. The Morgan fingerprint density at radius 3 is 2.41 bits per heavy atom. The summed E-state index contributed by atoms with van der Waals surface area (Å²) in [5.41, 5.74) is 2.93. The summed E-state index contributed by atoms with van der Waals surface area (Å²) in [6.45, 7) is 3.76. The average Bonchev–Trinajstić information content (AvgIpc) is 2.79. The van der Waals surface area contributed by atoms with Crippen molar-refractivity contribution in [2.75, 3.05) is 45.2 Å². The number of benzene rings is 2. The zero-order valence-corrected chi connectivity index (χ0v) is 16.7. The lowest BCUT2D eigenvalue weighted by atomic mass is 10.0. The van der Waals surface area contributed by atoms with Crippen LogP contribution in [0.25, 0.3) is 22.6 Å². The third-order valence-electron chi connectivity index (χ3n) is 5.29. The maximum Gasteiger partial charge on any atom is 0.162 e. The molecule has 2 heterocycles. The third kappa shape index (κ3) is 3.91. The number of anilines is 1. The van der Waals surface area contributed by atoms with Crippen LogP contribution < -0.4 is 14.5 Å². The molecule has 0 amide bonds. The van der Waals surface area contributed by atoms with Gasteiger partial charge < -0.3 is 14.5 Å². The Hall–Kier alpha value is -3.43. The molecule has 1 aliphatic rings. The number of hydrogen-bond acceptors (Lipinski definition) is 5. The number of piperazine rings is 1. The van der Waals surface area contributed by atoms with Crippen molar-refractivity contribution >= 4 is 5.82 Å². The van der Waals surface area contributed by atoms with Crippen LogP contribution in [0.3, 0.4) is 0 Å². The van der Waals surface area contributed by atoms with Crippen LogP contribution >= 0.6 is 0 Å². The second-order valence-corrected chi connectivity index (χ2v) is 7.25. The molecular weight excluding hydrogens is 362 g/mol. The summed E-state index contributed by atoms with van der Waals surface area (Å²) in [6.07, 6.45) is 0. The van der Waals surface area contributed by atoms with E-state index in [1.165, 1.54) is 4.90 Å². The lowest BCUT2D eigenvalue weighted by molar-refractivity contribution is -0.880. The van der Waals surface area contributed by atoms with Crippen molar-refractivity contribution in [3.8, 4) is 34.5 Å². The summed E-state index contributed by atoms with van der Waals surface area (Å²) in [4.78, 5) is 13.4. The van der Waals surface area contributed by atoms with Gasteiger partial charge in [0.15, 0.2) is 11.6 Å². The molecule has 1 aromatic heterocycles. The van der Waals surface area contributed by atoms with Crippen LogP contribution in [0.4, 0.5) is 5.82 Å². The van der Waals surface area contributed by atoms with Crippen molar-refractivity contribution < 1.29 is 9.64 Å². The Bertz CT molecular complexity index is 1040. The lowest BCUT2D eigenvalue weighted by Crippen LogP contribution is -3.12. The molecule has 6 heteroatoms. The van der Waals surface area contributed by atoms with Gasteiger partial charge in [-0.15, -0.1) is 0 Å². The van der Waals surface area contributed by atoms with Crippen LogP contribution in [-0.2, 0) is 0 Å². The van der Waals surface area contributed by atoms with Gasteiger partial charge in [-0.2, -0.15) is 5.26 Å². The summed E-state index contributed by atoms with van der Waals surface area (Å²) in [5.74, 6) is 2.08. The normalized spacial score (nSPS) is 14.4. The molecule has 4 rings (SSSR count). The van der Waals surface area contributed by atoms with E-state index in [9.17, 15) is 5.26 Å². The molecule has 3 aromatic rings. The Balaban J connectivity index is 1.91. The first-order chi connectivity index (χ1) is 14.2. The highest BCUT2D eigenvalue weighted by Crippen LogP contribution is 2.32. The Morgan fingerprint density at radius 2 is 1.72 bits per heavy atom. The quantitative estimate of drug-likeness (QED) is 0.743. The number of aromatic nitrogens is 2. The Morgan fingerprint density at radius 1 is 1.00 bits per heavy atom. The van der Waals surface area contributed by atoms with E-state index in [4.69, 9.17) is 14.7 Å². The molecule has 1 fully saturated rings. The number of methoxy groups -OCH3 is 1. The fourth-order valence-corrected chi connectivity index (χ4v) is 3.58. The van der Waals surface area contributed by atoms with Crippen molar-refractivity contribution in [2.45, 2.75) is 0 Å². The minimum atomic E-state index is 0.512. The molecule has 0 spiro atoms. The Labute approximate surface area is 171 Å². The number of likely N-dealkylation sites (N-methyl/N-ethyl adjacent to an activating group) is 1. The zero-order chi connectivity index (χ0) is 20.2. The van der Waals surface area contributed by atoms with Crippen molar-refractivity contribution in [1.82, 2.24) is 9.97 Å². The molecule has 0 radical (unpaired) electrons. The topological polar surface area (TPSA) is 66.5 Å². The first-order valence-corrected chi connectivity index (χ1v) is 9.78. The summed E-state index contributed by atoms with van der Waals surface area (Å²) in [7, 11) is 3.83. The van der Waals surface area contributed by atoms with Crippen LogP contribution in [0.1, 0.15) is 5.56 Å². The molecule has 0 bridgehead atoms. The second-order valence-electron chi connectivity index (χ2n) is 7.25. The maximum absolute atomic E-state index is 10.0. The van der Waals surface area contributed by atoms with Crippen molar-refractivity contribution in [1.29, 1.82) is 5.26 Å². The predicted molar refractivity (Wildman–Crippen MR) is 113 cm³/mol. The lowest BCUT2D eigenvalue weighted by Gasteiger charge is -2.31. The van der Waals surface area contributed by atoms with Crippen LogP contribution in [0, 0.1) is 11.3 Å². The summed E-state index contributed by atoms with van der Waals surface area (Å²) < 4.78 is 5.38. The molecule has 6 nitrogen and oxygen atoms in total. The van der Waals surface area contributed by atoms with Crippen molar-refractivity contribution in [3.05, 3.63) is 60.2 Å². The second kappa shape index (κ2) is 8.29. The van der Waals surface area contributed by atoms with Gasteiger partial charge in [0, 0.05) is 11.1 Å². The zero-order valence-electron chi connectivity index (χ0n) is 16.7. The minimum Gasteiger partial charge on any atom is -0.497 e. The molecule has 0 atom stereocenters. The van der Waals surface area contributed by atoms with Gasteiger partial charge in [-0.1, -0.05) is 42.5 Å². The minimum absolute atomic E-state index is 0.512. The van der Waals surface area contributed by atoms with Gasteiger partial charge in [-0.05, 0) is 12.1 Å². The molecule has 0 saturated carbocycles. The van der Waals surface area contributed by atoms with Crippen LogP contribution in [0.2, 0.25) is 0 Å². The van der Waals surface area contributed by atoms with Crippen molar-refractivity contribution in [2.24, 2.45) is 0 Å². The van der Waals surface area contributed by atoms with Crippen LogP contribution in [0.5, 0.6) is 5.75 Å². The highest BCUT2D eigenvalue weighted by atomic mass is 16.5. The summed E-state index contributed by atoms with van der Waals surface area (Å²) in [6, 6.07) is 20.0. The van der Waals surface area contributed by atoms with E-state index in [1.807, 2.05) is 54.6 Å². The number of hydrogen-bond donors (Lipinski definition) is 1. The molecule has 0 aliphatic carbocycles. The van der Waals surface area contributed by atoms with E-state index in [1.54, 1.807) is 7.11 Å². The highest BCUT2D eigenvalue weighted by molar-refractivity contribution is 5.77. The first-order valence-electron chi connectivity index (χ1n) is 9.78. The van der Waals surface area contributed by atoms with E-state index in [0.717, 1.165) is 43.1 Å². The fraction of sp³-hybridized carbons (Fsp3) is 0.261. The van der Waals surface area contributed by atoms with Crippen LogP contribution in [-0.4, -0.2) is 50.3 Å². The van der Waals surface area contributed by atoms with E-state index >= 15 is 0 Å². The number of quaternary nitrogens is 1. The first kappa shape index (κ1) is 18.9. The molecule has 1 aliphatic heterocycles. The molecular formula is C23H24N5O+. The van der Waals surface area contributed by atoms with Gasteiger partial charge in [-0.3, -0.25) is 0 Å². The van der Waals surface area contributed by atoms with Gasteiger partial charge in [0.05, 0.1) is 46.0 Å². The van der Waals surface area contributed by atoms with E-state index < -0.39 is 0 Å². The van der Waals surface area contributed by atoms with Gasteiger partial charge in [0.2, 0.25) is 0 Å². The molecule has 1 N–H and O–H groups in total. The highest BCUT2D eigenvalue weighted by Gasteiger charge is 2.25. The van der Waals surface area contributed by atoms with E-state index in [0.29, 0.717) is 22.9 Å². The number of nitriles is 1. The SMILES string of the molecule is COc1cccc(-c2nc(-c3ccccc3)nc(N3CC[NH+](C)CC3)c2C#N)c1. The standard InChI is InChI=1S/C23H23N5O/c1-27-11-13-28(14-12-27)23-20(16-24)21(18-9-6-10-19(15-18)29-2)25-22(26-23)17-7-4-3-5-8-17/h3-10,15H,11-14H2,1-2H3/p+1. The van der Waals surface area contributed by atoms with Crippen molar-refractivity contribution in [3.63, 3.8) is 0 Å². The van der Waals surface area contributed by atoms with Gasteiger partial charge in [0.25, 0.3) is 0 Å². The number of nitrogens with zero attached hydrogens (tertiary/aromatic N) is 4. The summed E-state index contributed by atoms with van der Waals surface area (Å²) in [5, 5.41) is 10.0. The van der Waals surface area contributed by atoms with Gasteiger partial charge >= 0.3 is 0 Å². The van der Waals surface area contributed by atoms with E-state index in [2.05, 4.69) is 18.0 Å². The number of nitrogens with one attached hydrogen (secondary N) is 1. The largest absolute Gasteiger partial charge is 0.497 e. The molecule has 2 aromatic carbocycles. The molecule has 1 saturated heterocycles. The van der Waals surface area contributed by atoms with E-state index in [-0.39, 0.29) is 0 Å².